The van der Waals surface area contributed by atoms with Crippen LogP contribution in [0.2, 0.25) is 0 Å². The third kappa shape index (κ3) is 3.07. The van der Waals surface area contributed by atoms with Crippen LogP contribution in [0.1, 0.15) is 18.4 Å². The quantitative estimate of drug-likeness (QED) is 0.851. The van der Waals surface area contributed by atoms with E-state index in [0.29, 0.717) is 12.8 Å². The van der Waals surface area contributed by atoms with Crippen molar-refractivity contribution in [2.45, 2.75) is 19.3 Å². The molecule has 0 atom stereocenters. The van der Waals surface area contributed by atoms with Crippen LogP contribution in [0, 0.1) is 17.0 Å². The summed E-state index contributed by atoms with van der Waals surface area (Å²) < 4.78 is 26.2. The Bertz CT molecular complexity index is 527. The summed E-state index contributed by atoms with van der Waals surface area (Å²) in [5.74, 6) is -2.73. The Morgan fingerprint density at radius 3 is 2.58 bits per heavy atom. The van der Waals surface area contributed by atoms with Gasteiger partial charge in [-0.1, -0.05) is 0 Å². The highest BCUT2D eigenvalue weighted by Gasteiger charge is 2.50. The lowest BCUT2D eigenvalue weighted by Gasteiger charge is -2.11. The van der Waals surface area contributed by atoms with Crippen molar-refractivity contribution in [2.24, 2.45) is 5.41 Å². The molecule has 102 valence electrons. The first kappa shape index (κ1) is 13.5. The molecule has 1 fully saturated rings. The number of nitrogens with one attached hydrogen (secondary N) is 1. The number of hydrogen-bond acceptors (Lipinski definition) is 2. The summed E-state index contributed by atoms with van der Waals surface area (Å²) in [6.07, 6.45) is 0.743. The predicted octanol–water partition coefficient (Wildman–Crippen LogP) is 1.49. The molecule has 4 nitrogen and oxygen atoms in total. The molecule has 0 saturated heterocycles. The van der Waals surface area contributed by atoms with Gasteiger partial charge in [0.25, 0.3) is 0 Å². The van der Waals surface area contributed by atoms with Crippen molar-refractivity contribution in [3.63, 3.8) is 0 Å². The van der Waals surface area contributed by atoms with E-state index in [1.54, 1.807) is 0 Å². The van der Waals surface area contributed by atoms with Crippen molar-refractivity contribution >= 4 is 11.9 Å². The fourth-order valence-electron chi connectivity index (χ4n) is 1.80. The molecule has 19 heavy (non-hydrogen) atoms. The molecule has 6 heteroatoms. The van der Waals surface area contributed by atoms with Crippen LogP contribution in [0.25, 0.3) is 0 Å². The van der Waals surface area contributed by atoms with Gasteiger partial charge in [0.15, 0.2) is 0 Å². The van der Waals surface area contributed by atoms with Crippen LogP contribution in [-0.2, 0) is 16.0 Å². The van der Waals surface area contributed by atoms with Gasteiger partial charge in [0, 0.05) is 12.1 Å². The van der Waals surface area contributed by atoms with Crippen LogP contribution in [0.15, 0.2) is 18.2 Å². The summed E-state index contributed by atoms with van der Waals surface area (Å²) in [6, 6.07) is 2.89. The minimum Gasteiger partial charge on any atom is -0.481 e. The van der Waals surface area contributed by atoms with Crippen molar-refractivity contribution in [1.29, 1.82) is 0 Å². The van der Waals surface area contributed by atoms with Gasteiger partial charge in [-0.05, 0) is 31.0 Å². The highest BCUT2D eigenvalue weighted by Crippen LogP contribution is 2.45. The second-order valence-electron chi connectivity index (χ2n) is 4.77. The highest BCUT2D eigenvalue weighted by atomic mass is 19.1. The molecule has 1 aliphatic carbocycles. The number of carboxylic acid groups (broad SMARTS) is 1. The van der Waals surface area contributed by atoms with E-state index in [1.165, 1.54) is 0 Å². The Hall–Kier alpha value is -1.98. The van der Waals surface area contributed by atoms with E-state index in [9.17, 15) is 18.4 Å². The van der Waals surface area contributed by atoms with E-state index in [4.69, 9.17) is 5.11 Å². The molecule has 2 N–H and O–H groups in total. The topological polar surface area (TPSA) is 66.4 Å². The number of halogens is 2. The first-order chi connectivity index (χ1) is 8.93. The number of amides is 1. The van der Waals surface area contributed by atoms with Gasteiger partial charge in [0.2, 0.25) is 5.91 Å². The molecule has 1 amide bonds. The third-order valence-electron chi connectivity index (χ3n) is 3.29. The lowest BCUT2D eigenvalue weighted by atomic mass is 10.1. The zero-order chi connectivity index (χ0) is 14.0. The van der Waals surface area contributed by atoms with Gasteiger partial charge in [-0.25, -0.2) is 8.78 Å². The zero-order valence-corrected chi connectivity index (χ0v) is 10.1. The number of aliphatic carboxylic acids is 1. The molecular weight excluding hydrogens is 256 g/mol. The summed E-state index contributed by atoms with van der Waals surface area (Å²) in [5, 5.41) is 11.4. The van der Waals surface area contributed by atoms with Gasteiger partial charge in [-0.2, -0.15) is 0 Å². The molecule has 0 aromatic heterocycles. The standard InChI is InChI=1S/C13H13F2NO3/c14-9-1-2-10(15)8(5-9)6-11(17)16-7-13(3-4-13)12(18)19/h1-2,5H,3-4,6-7H2,(H,16,17)(H,18,19). The van der Waals surface area contributed by atoms with Gasteiger partial charge in [0.1, 0.15) is 11.6 Å². The summed E-state index contributed by atoms with van der Waals surface area (Å²) in [7, 11) is 0. The van der Waals surface area contributed by atoms with E-state index in [2.05, 4.69) is 5.32 Å². The lowest BCUT2D eigenvalue weighted by molar-refractivity contribution is -0.143. The molecule has 0 heterocycles. The minimum absolute atomic E-state index is 0.0259. The number of hydrogen-bond donors (Lipinski definition) is 2. The summed E-state index contributed by atoms with van der Waals surface area (Å²) in [6.45, 7) is 0.0259. The van der Waals surface area contributed by atoms with E-state index < -0.39 is 28.9 Å². The summed E-state index contributed by atoms with van der Waals surface area (Å²) in [5.41, 5.74) is -0.909. The van der Waals surface area contributed by atoms with Crippen LogP contribution in [0.3, 0.4) is 0 Å². The molecule has 0 spiro atoms. The molecule has 1 saturated carbocycles. The van der Waals surface area contributed by atoms with Crippen molar-refractivity contribution in [3.8, 4) is 0 Å². The number of rotatable bonds is 5. The molecule has 1 aliphatic rings. The lowest BCUT2D eigenvalue weighted by Crippen LogP contribution is -2.35. The highest BCUT2D eigenvalue weighted by molar-refractivity contribution is 5.82. The molecule has 0 radical (unpaired) electrons. The van der Waals surface area contributed by atoms with Crippen LogP contribution in [-0.4, -0.2) is 23.5 Å². The molecule has 0 bridgehead atoms. The van der Waals surface area contributed by atoms with Crippen LogP contribution >= 0.6 is 0 Å². The number of benzene rings is 1. The van der Waals surface area contributed by atoms with Crippen LogP contribution in [0.5, 0.6) is 0 Å². The van der Waals surface area contributed by atoms with E-state index in [1.807, 2.05) is 0 Å². The van der Waals surface area contributed by atoms with Crippen molar-refractivity contribution < 1.29 is 23.5 Å². The van der Waals surface area contributed by atoms with Crippen molar-refractivity contribution in [1.82, 2.24) is 5.32 Å². The Morgan fingerprint density at radius 1 is 1.32 bits per heavy atom. The average Bonchev–Trinajstić information content (AvgIpc) is 3.12. The maximum atomic E-state index is 13.3. The molecule has 0 aliphatic heterocycles. The second kappa shape index (κ2) is 4.95. The summed E-state index contributed by atoms with van der Waals surface area (Å²) >= 11 is 0. The first-order valence-electron chi connectivity index (χ1n) is 5.87. The smallest absolute Gasteiger partial charge is 0.311 e. The normalized spacial score (nSPS) is 15.9. The molecule has 1 aromatic carbocycles. The van der Waals surface area contributed by atoms with Crippen LogP contribution in [0.4, 0.5) is 8.78 Å². The Labute approximate surface area is 108 Å². The minimum atomic E-state index is -0.940. The van der Waals surface area contributed by atoms with E-state index in [-0.39, 0.29) is 18.5 Å². The largest absolute Gasteiger partial charge is 0.481 e. The Kier molecular flexibility index (Phi) is 3.50. The molecule has 1 aromatic rings. The maximum absolute atomic E-state index is 13.3. The number of carboxylic acids is 1. The van der Waals surface area contributed by atoms with E-state index in [0.717, 1.165) is 18.2 Å². The molecule has 2 rings (SSSR count). The van der Waals surface area contributed by atoms with Gasteiger partial charge in [0.05, 0.1) is 11.8 Å². The third-order valence-corrected chi connectivity index (χ3v) is 3.29. The fraction of sp³-hybridized carbons (Fsp3) is 0.385. The Balaban J connectivity index is 1.91. The van der Waals surface area contributed by atoms with Gasteiger partial charge >= 0.3 is 5.97 Å². The Morgan fingerprint density at radius 2 is 2.00 bits per heavy atom. The van der Waals surface area contributed by atoms with Gasteiger partial charge < -0.3 is 10.4 Å². The number of carbonyl (C=O) groups excluding carboxylic acids is 1. The fourth-order valence-corrected chi connectivity index (χ4v) is 1.80. The van der Waals surface area contributed by atoms with Crippen LogP contribution < -0.4 is 5.32 Å². The first-order valence-corrected chi connectivity index (χ1v) is 5.87. The summed E-state index contributed by atoms with van der Waals surface area (Å²) in [4.78, 5) is 22.5. The second-order valence-corrected chi connectivity index (χ2v) is 4.77. The number of carbonyl (C=O) groups is 2. The SMILES string of the molecule is O=C(Cc1cc(F)ccc1F)NCC1(C(=O)O)CC1. The van der Waals surface area contributed by atoms with Gasteiger partial charge in [-0.3, -0.25) is 9.59 Å². The monoisotopic (exact) mass is 269 g/mol. The van der Waals surface area contributed by atoms with Crippen molar-refractivity contribution in [3.05, 3.63) is 35.4 Å². The predicted molar refractivity (Wildman–Crippen MR) is 62.4 cm³/mol. The zero-order valence-electron chi connectivity index (χ0n) is 10.1. The average molecular weight is 269 g/mol. The maximum Gasteiger partial charge on any atom is 0.311 e. The molecule has 0 unspecified atom stereocenters. The van der Waals surface area contributed by atoms with E-state index >= 15 is 0 Å². The molecular formula is C13H13F2NO3. The van der Waals surface area contributed by atoms with Crippen molar-refractivity contribution in [2.75, 3.05) is 6.54 Å². The van der Waals surface area contributed by atoms with Gasteiger partial charge in [-0.15, -0.1) is 0 Å².